The minimum atomic E-state index is -6.13. The molecule has 0 amide bonds. The van der Waals surface area contributed by atoms with Crippen molar-refractivity contribution < 1.29 is 115 Å². The van der Waals surface area contributed by atoms with Gasteiger partial charge in [0, 0.05) is 16.9 Å². The van der Waals surface area contributed by atoms with Gasteiger partial charge < -0.3 is 0 Å². The molecule has 7 aromatic rings. The molecule has 0 aliphatic carbocycles. The monoisotopic (exact) mass is 1110 g/mol. The van der Waals surface area contributed by atoms with Gasteiger partial charge in [-0.2, -0.15) is 127 Å². The van der Waals surface area contributed by atoms with Crippen molar-refractivity contribution in [3.8, 4) is 16.9 Å². The molecule has 0 saturated carbocycles. The maximum Gasteiger partial charge on any atom is 0.416 e. The lowest BCUT2D eigenvalue weighted by Crippen LogP contribution is -2.75. The summed E-state index contributed by atoms with van der Waals surface area (Å²) in [6, 6.07) is 15.4. The third kappa shape index (κ3) is 13.4. The SMILES string of the molecule is FC(F)(F)c1cc([B-](c2cc(C(F)(F)F)cc(C(F)(F)F)c2)(c2cc(C(F)(F)F)cc(C(F)(F)F)c2)c2cc(C(F)(F)F)cc(C(F)(F)F)c2)cc(C(F)(F)F)c1.c1ccc(-c2ccc(O[n+]3ccccc3)cc2)cc1. The maximum absolute atomic E-state index is 14.2. The molecule has 2 nitrogen and oxygen atoms in total. The van der Waals surface area contributed by atoms with E-state index in [9.17, 15) is 105 Å². The predicted octanol–water partition coefficient (Wildman–Crippen LogP) is 14.7. The van der Waals surface area contributed by atoms with Gasteiger partial charge in [0.15, 0.2) is 0 Å². The fraction of sp³-hybridized carbons (Fsp3) is 0.163. The summed E-state index contributed by atoms with van der Waals surface area (Å²) < 4.78 is 342. The van der Waals surface area contributed by atoms with E-state index >= 15 is 0 Å². The van der Waals surface area contributed by atoms with Gasteiger partial charge in [0.1, 0.15) is 6.15 Å². The summed E-state index contributed by atoms with van der Waals surface area (Å²) in [7, 11) is 0. The molecule has 0 bridgehead atoms. The molecule has 1 heterocycles. The van der Waals surface area contributed by atoms with Crippen LogP contribution in [-0.2, 0) is 49.4 Å². The molecule has 0 unspecified atom stereocenters. The van der Waals surface area contributed by atoms with Crippen LogP contribution in [0, 0.1) is 0 Å². The first-order chi connectivity index (χ1) is 34.7. The van der Waals surface area contributed by atoms with E-state index in [4.69, 9.17) is 4.84 Å². The van der Waals surface area contributed by atoms with Crippen LogP contribution >= 0.6 is 0 Å². The molecular weight excluding hydrogens is 1090 g/mol. The van der Waals surface area contributed by atoms with Crippen LogP contribution in [0.1, 0.15) is 44.5 Å². The highest BCUT2D eigenvalue weighted by atomic mass is 19.4. The van der Waals surface area contributed by atoms with Gasteiger partial charge in [-0.05, 0) is 47.5 Å². The van der Waals surface area contributed by atoms with Crippen molar-refractivity contribution in [2.75, 3.05) is 0 Å². The Morgan fingerprint density at radius 2 is 0.487 bits per heavy atom. The Bertz CT molecular complexity index is 2710. The van der Waals surface area contributed by atoms with E-state index in [0.29, 0.717) is 0 Å². The molecule has 0 atom stereocenters. The van der Waals surface area contributed by atoms with Gasteiger partial charge >= 0.3 is 49.4 Å². The van der Waals surface area contributed by atoms with Crippen molar-refractivity contribution in [3.63, 3.8) is 0 Å². The lowest BCUT2D eigenvalue weighted by atomic mass is 9.12. The summed E-state index contributed by atoms with van der Waals surface area (Å²) in [6.45, 7) is 0. The minimum absolute atomic E-state index is 0.691. The normalized spacial score (nSPS) is 13.3. The summed E-state index contributed by atoms with van der Waals surface area (Å²) in [5.41, 5.74) is -27.8. The van der Waals surface area contributed by atoms with Crippen LogP contribution < -0.4 is 31.4 Å². The van der Waals surface area contributed by atoms with E-state index in [0.717, 1.165) is 5.75 Å². The summed E-state index contributed by atoms with van der Waals surface area (Å²) in [4.78, 5) is 5.69. The fourth-order valence-electron chi connectivity index (χ4n) is 7.97. The van der Waals surface area contributed by atoms with Crippen LogP contribution in [-0.4, -0.2) is 6.15 Å². The largest absolute Gasteiger partial charge is 0.416 e. The third-order valence-electron chi connectivity index (χ3n) is 11.3. The van der Waals surface area contributed by atoms with Crippen LogP contribution in [0.5, 0.6) is 5.75 Å². The van der Waals surface area contributed by atoms with Crippen LogP contribution in [0.15, 0.2) is 158 Å². The number of alkyl halides is 24. The molecule has 7 rings (SSSR count). The number of hydrogen-bond donors (Lipinski definition) is 0. The first-order valence-corrected chi connectivity index (χ1v) is 20.8. The molecule has 0 spiro atoms. The number of pyridine rings is 1. The summed E-state index contributed by atoms with van der Waals surface area (Å²) in [5.74, 6) is 0.816. The average Bonchev–Trinajstić information content (AvgIpc) is 3.30. The van der Waals surface area contributed by atoms with Gasteiger partial charge in [0.25, 0.3) is 0 Å². The molecule has 1 aromatic heterocycles. The van der Waals surface area contributed by atoms with Crippen molar-refractivity contribution in [1.29, 1.82) is 0 Å². The standard InChI is InChI=1S/C32H12BF24.C17H14NO/c34-25(35,36)13-1-14(26(37,38)39)6-21(5-13)33(22-7-15(27(40,41)42)2-16(8-22)28(43,44)45,23-9-17(29(46,47)48)3-18(10-23)30(49,50)51)24-11-19(31(52,53)54)4-20(12-24)32(55,56)57;1-3-7-15(8-4-1)16-9-11-17(12-10-16)19-18-13-5-2-6-14-18/h1-12H;1-14H/q-1;+1. The summed E-state index contributed by atoms with van der Waals surface area (Å²) in [5, 5.41) is 0. The predicted molar refractivity (Wildman–Crippen MR) is 225 cm³/mol. The highest BCUT2D eigenvalue weighted by molar-refractivity contribution is 7.20. The maximum atomic E-state index is 14.2. The first-order valence-electron chi connectivity index (χ1n) is 20.8. The molecule has 0 N–H and O–H groups in total. The van der Waals surface area contributed by atoms with Crippen LogP contribution in [0.2, 0.25) is 0 Å². The van der Waals surface area contributed by atoms with Crippen molar-refractivity contribution in [2.24, 2.45) is 0 Å². The smallest absolute Gasteiger partial charge is 0.232 e. The number of aromatic nitrogens is 1. The van der Waals surface area contributed by atoms with Gasteiger partial charge in [-0.1, -0.05) is 97.1 Å². The number of nitrogens with zero attached hydrogens (tertiary/aromatic N) is 1. The van der Waals surface area contributed by atoms with E-state index in [2.05, 4.69) is 24.3 Å². The van der Waals surface area contributed by atoms with Gasteiger partial charge in [-0.3, -0.25) is 0 Å². The lowest BCUT2D eigenvalue weighted by Gasteiger charge is -2.46. The van der Waals surface area contributed by atoms with Gasteiger partial charge in [0.05, 0.1) is 44.5 Å². The van der Waals surface area contributed by atoms with Crippen molar-refractivity contribution in [3.05, 3.63) is 202 Å². The van der Waals surface area contributed by atoms with Crippen molar-refractivity contribution in [2.45, 2.75) is 49.4 Å². The van der Waals surface area contributed by atoms with Crippen molar-refractivity contribution >= 4 is 28.0 Å². The van der Waals surface area contributed by atoms with E-state index in [-0.39, 0.29) is 0 Å². The molecular formula is C49H26BF24NO. The molecule has 27 heteroatoms. The molecule has 404 valence electrons. The average molecular weight is 1110 g/mol. The van der Waals surface area contributed by atoms with Crippen LogP contribution in [0.3, 0.4) is 0 Å². The third-order valence-corrected chi connectivity index (χ3v) is 11.3. The Kier molecular flexibility index (Phi) is 15.5. The van der Waals surface area contributed by atoms with Gasteiger partial charge in [0.2, 0.25) is 18.1 Å². The second-order valence-corrected chi connectivity index (χ2v) is 16.4. The number of hydrogen-bond acceptors (Lipinski definition) is 1. The Morgan fingerprint density at radius 1 is 0.263 bits per heavy atom. The summed E-state index contributed by atoms with van der Waals surface area (Å²) >= 11 is 0. The second kappa shape index (κ2) is 20.3. The van der Waals surface area contributed by atoms with E-state index in [1.807, 2.05) is 60.9 Å². The van der Waals surface area contributed by atoms with E-state index in [1.54, 1.807) is 4.73 Å². The lowest BCUT2D eigenvalue weighted by molar-refractivity contribution is -0.875. The Balaban J connectivity index is 0.000000408. The van der Waals surface area contributed by atoms with Gasteiger partial charge in [-0.15, -0.1) is 0 Å². The second-order valence-electron chi connectivity index (χ2n) is 16.4. The Hall–Kier alpha value is -7.35. The first kappa shape index (κ1) is 57.9. The fourth-order valence-corrected chi connectivity index (χ4v) is 7.97. The van der Waals surface area contributed by atoms with E-state index in [1.165, 1.54) is 11.1 Å². The number of rotatable bonds is 7. The molecule has 0 radical (unpaired) electrons. The zero-order valence-corrected chi connectivity index (χ0v) is 37.0. The quantitative estimate of drug-likeness (QED) is 0.0881. The number of benzene rings is 6. The van der Waals surface area contributed by atoms with Crippen LogP contribution in [0.4, 0.5) is 105 Å². The Labute approximate surface area is 411 Å². The van der Waals surface area contributed by atoms with Crippen LogP contribution in [0.25, 0.3) is 11.1 Å². The highest BCUT2D eigenvalue weighted by Gasteiger charge is 2.47. The molecule has 0 aliphatic rings. The zero-order valence-electron chi connectivity index (χ0n) is 37.0. The van der Waals surface area contributed by atoms with E-state index < -0.39 is 195 Å². The Morgan fingerprint density at radius 3 is 0.724 bits per heavy atom. The zero-order chi connectivity index (χ0) is 56.8. The molecule has 0 fully saturated rings. The topological polar surface area (TPSA) is 13.1 Å². The highest BCUT2D eigenvalue weighted by Crippen LogP contribution is 2.41. The summed E-state index contributed by atoms with van der Waals surface area (Å²) in [6.07, 6.45) is -51.1. The molecule has 76 heavy (non-hydrogen) atoms. The van der Waals surface area contributed by atoms with Crippen molar-refractivity contribution in [1.82, 2.24) is 0 Å². The molecule has 0 saturated heterocycles. The minimum Gasteiger partial charge on any atom is -0.232 e. The molecule has 0 aliphatic heterocycles. The molecule has 6 aromatic carbocycles. The number of halogens is 24. The van der Waals surface area contributed by atoms with Gasteiger partial charge in [-0.25, -0.2) is 4.84 Å².